The zero-order valence-corrected chi connectivity index (χ0v) is 20.8. The molecule has 0 radical (unpaired) electrons. The molecule has 1 aliphatic heterocycles. The number of aromatic carboxylic acids is 1. The van der Waals surface area contributed by atoms with Crippen molar-refractivity contribution < 1.29 is 19.4 Å². The van der Waals surface area contributed by atoms with Crippen molar-refractivity contribution in [1.82, 2.24) is 5.32 Å². The smallest absolute Gasteiger partial charge is 0.336 e. The van der Waals surface area contributed by atoms with Crippen molar-refractivity contribution >= 4 is 16.7 Å². The number of rotatable bonds is 7. The Hall–Kier alpha value is -3.83. The highest BCUT2D eigenvalue weighted by Gasteiger charge is 2.32. The van der Waals surface area contributed by atoms with Crippen molar-refractivity contribution in [2.75, 3.05) is 13.7 Å². The Morgan fingerprint density at radius 2 is 1.78 bits per heavy atom. The number of fused-ring (bicyclic) bond motifs is 2. The summed E-state index contributed by atoms with van der Waals surface area (Å²) in [7, 11) is 1.60. The molecule has 0 aromatic heterocycles. The minimum absolute atomic E-state index is 0.0334. The Morgan fingerprint density at radius 1 is 1.03 bits per heavy atom. The van der Waals surface area contributed by atoms with E-state index in [-0.39, 0.29) is 23.6 Å². The molecule has 4 aromatic rings. The highest BCUT2D eigenvalue weighted by molar-refractivity contribution is 5.90. The van der Waals surface area contributed by atoms with E-state index in [1.807, 2.05) is 31.2 Å². The maximum atomic E-state index is 11.7. The van der Waals surface area contributed by atoms with Crippen LogP contribution in [0.25, 0.3) is 10.8 Å². The second-order valence-corrected chi connectivity index (χ2v) is 9.43. The van der Waals surface area contributed by atoms with Crippen LogP contribution in [0.5, 0.6) is 11.5 Å². The van der Waals surface area contributed by atoms with Crippen molar-refractivity contribution in [3.8, 4) is 11.5 Å². The van der Waals surface area contributed by atoms with Crippen LogP contribution in [0.15, 0.2) is 78.9 Å². The first-order valence-electron chi connectivity index (χ1n) is 12.3. The molecule has 0 unspecified atom stereocenters. The Kier molecular flexibility index (Phi) is 6.66. The van der Waals surface area contributed by atoms with Gasteiger partial charge in [0.25, 0.3) is 0 Å². The minimum atomic E-state index is -0.950. The van der Waals surface area contributed by atoms with Gasteiger partial charge in [-0.15, -0.1) is 0 Å². The van der Waals surface area contributed by atoms with E-state index >= 15 is 0 Å². The van der Waals surface area contributed by atoms with Gasteiger partial charge in [0.1, 0.15) is 17.6 Å². The molecule has 0 bridgehead atoms. The summed E-state index contributed by atoms with van der Waals surface area (Å²) in [4.78, 5) is 11.7. The topological polar surface area (TPSA) is 67.8 Å². The van der Waals surface area contributed by atoms with Crippen LogP contribution in [-0.2, 0) is 0 Å². The van der Waals surface area contributed by atoms with Crippen molar-refractivity contribution in [2.24, 2.45) is 0 Å². The lowest BCUT2D eigenvalue weighted by atomic mass is 9.82. The summed E-state index contributed by atoms with van der Waals surface area (Å²) in [6, 6.07) is 26.7. The van der Waals surface area contributed by atoms with Crippen molar-refractivity contribution in [1.29, 1.82) is 0 Å². The predicted molar refractivity (Wildman–Crippen MR) is 142 cm³/mol. The Labute approximate surface area is 211 Å². The molecule has 4 aromatic carbocycles. The van der Waals surface area contributed by atoms with Gasteiger partial charge in [-0.05, 0) is 48.7 Å². The van der Waals surface area contributed by atoms with Gasteiger partial charge in [-0.2, -0.15) is 0 Å². The number of hydrogen-bond acceptors (Lipinski definition) is 4. The van der Waals surface area contributed by atoms with Crippen LogP contribution in [-0.4, -0.2) is 30.8 Å². The maximum absolute atomic E-state index is 11.7. The summed E-state index contributed by atoms with van der Waals surface area (Å²) in [5, 5.41) is 15.8. The fourth-order valence-corrected chi connectivity index (χ4v) is 5.45. The van der Waals surface area contributed by atoms with E-state index in [4.69, 9.17) is 9.47 Å². The van der Waals surface area contributed by atoms with Gasteiger partial charge in [-0.3, -0.25) is 0 Å². The normalized spacial score (nSPS) is 17.8. The van der Waals surface area contributed by atoms with Gasteiger partial charge in [0.2, 0.25) is 0 Å². The van der Waals surface area contributed by atoms with E-state index in [1.165, 1.54) is 16.3 Å². The van der Waals surface area contributed by atoms with Crippen LogP contribution in [0.1, 0.15) is 57.9 Å². The number of carboxylic acid groups (broad SMARTS) is 1. The number of methoxy groups -OCH3 is 1. The third-order valence-electron chi connectivity index (χ3n) is 7.27. The summed E-state index contributed by atoms with van der Waals surface area (Å²) in [5.41, 5.74) is 4.26. The first-order chi connectivity index (χ1) is 17.5. The predicted octanol–water partition coefficient (Wildman–Crippen LogP) is 6.49. The fraction of sp³-hybridized carbons (Fsp3) is 0.258. The summed E-state index contributed by atoms with van der Waals surface area (Å²) in [5.74, 6) is 0.577. The molecule has 0 aliphatic carbocycles. The monoisotopic (exact) mass is 481 g/mol. The first kappa shape index (κ1) is 23.9. The molecule has 0 amide bonds. The highest BCUT2D eigenvalue weighted by Crippen LogP contribution is 2.44. The summed E-state index contributed by atoms with van der Waals surface area (Å²) in [6.07, 6.45) is 0.709. The average molecular weight is 482 g/mol. The molecule has 5 rings (SSSR count). The van der Waals surface area contributed by atoms with Crippen LogP contribution in [0.3, 0.4) is 0 Å². The lowest BCUT2D eigenvalue weighted by molar-refractivity contribution is 0.0695. The Balaban J connectivity index is 1.42. The summed E-state index contributed by atoms with van der Waals surface area (Å²) < 4.78 is 12.2. The molecule has 1 aliphatic rings. The van der Waals surface area contributed by atoms with Crippen molar-refractivity contribution in [3.05, 3.63) is 107 Å². The zero-order valence-electron chi connectivity index (χ0n) is 20.8. The third-order valence-corrected chi connectivity index (χ3v) is 7.27. The highest BCUT2D eigenvalue weighted by atomic mass is 16.5. The second kappa shape index (κ2) is 10.0. The van der Waals surface area contributed by atoms with Crippen LogP contribution in [0.2, 0.25) is 0 Å². The van der Waals surface area contributed by atoms with Gasteiger partial charge in [0.15, 0.2) is 0 Å². The van der Waals surface area contributed by atoms with Crippen LogP contribution in [0.4, 0.5) is 0 Å². The van der Waals surface area contributed by atoms with E-state index in [2.05, 4.69) is 60.8 Å². The number of nitrogens with one attached hydrogen (secondary N) is 1. The molecule has 5 nitrogen and oxygen atoms in total. The first-order valence-corrected chi connectivity index (χ1v) is 12.3. The lowest BCUT2D eigenvalue weighted by Gasteiger charge is -2.34. The largest absolute Gasteiger partial charge is 0.496 e. The summed E-state index contributed by atoms with van der Waals surface area (Å²) >= 11 is 0. The van der Waals surface area contributed by atoms with Gasteiger partial charge in [-0.1, -0.05) is 66.7 Å². The molecule has 184 valence electrons. The molecule has 1 heterocycles. The molecule has 0 saturated heterocycles. The molecule has 0 spiro atoms. The molecule has 5 heteroatoms. The number of ether oxygens (including phenoxy) is 2. The van der Waals surface area contributed by atoms with Crippen LogP contribution < -0.4 is 14.8 Å². The molecule has 0 fully saturated rings. The fourth-order valence-electron chi connectivity index (χ4n) is 5.45. The van der Waals surface area contributed by atoms with E-state index < -0.39 is 5.97 Å². The zero-order chi connectivity index (χ0) is 25.2. The Morgan fingerprint density at radius 3 is 2.58 bits per heavy atom. The molecular formula is C31H31NO4. The van der Waals surface area contributed by atoms with Gasteiger partial charge in [0.05, 0.1) is 12.7 Å². The minimum Gasteiger partial charge on any atom is -0.496 e. The van der Waals surface area contributed by atoms with Crippen molar-refractivity contribution in [2.45, 2.75) is 38.3 Å². The van der Waals surface area contributed by atoms with Crippen LogP contribution in [0, 0.1) is 6.92 Å². The van der Waals surface area contributed by atoms with Gasteiger partial charge in [-0.25, -0.2) is 4.79 Å². The number of benzene rings is 4. The van der Waals surface area contributed by atoms with E-state index in [0.717, 1.165) is 23.3 Å². The van der Waals surface area contributed by atoms with Crippen molar-refractivity contribution in [3.63, 3.8) is 0 Å². The lowest BCUT2D eigenvalue weighted by Crippen LogP contribution is -2.37. The quantitative estimate of drug-likeness (QED) is 0.316. The molecule has 2 N–H and O–H groups in total. The number of hydrogen-bond donors (Lipinski definition) is 2. The average Bonchev–Trinajstić information content (AvgIpc) is 2.90. The number of carboxylic acids is 1. The second-order valence-electron chi connectivity index (χ2n) is 9.43. The third kappa shape index (κ3) is 4.42. The van der Waals surface area contributed by atoms with E-state index in [0.29, 0.717) is 17.9 Å². The van der Waals surface area contributed by atoms with E-state index in [9.17, 15) is 9.90 Å². The molecule has 0 saturated carbocycles. The number of para-hydroxylation sites is 1. The molecular weight excluding hydrogens is 450 g/mol. The van der Waals surface area contributed by atoms with Crippen LogP contribution >= 0.6 is 0 Å². The molecule has 36 heavy (non-hydrogen) atoms. The van der Waals surface area contributed by atoms with Gasteiger partial charge in [0, 0.05) is 35.2 Å². The number of carbonyl (C=O) groups is 1. The Bertz CT molecular complexity index is 1410. The van der Waals surface area contributed by atoms with Gasteiger partial charge < -0.3 is 19.9 Å². The maximum Gasteiger partial charge on any atom is 0.336 e. The SMILES string of the molecule is COc1c([C@H]2C[C@H](CN[C@H](C)c3cccc4ccccc34)Oc3ccccc32)ccc(C(=O)O)c1C. The summed E-state index contributed by atoms with van der Waals surface area (Å²) in [6.45, 7) is 4.68. The van der Waals surface area contributed by atoms with E-state index in [1.54, 1.807) is 13.2 Å². The standard InChI is InChI=1S/C31H31NO4/c1-19-23(31(33)34)15-16-27(30(19)35-3)28-17-22(36-29-14-7-6-12-26(28)29)18-32-20(2)24-13-8-10-21-9-4-5-11-25(21)24/h4-16,20,22,28,32H,17-18H2,1-3H3,(H,33,34)/t20-,22-,28+/m1/s1. The van der Waals surface area contributed by atoms with Gasteiger partial charge >= 0.3 is 5.97 Å². The molecule has 3 atom stereocenters.